The van der Waals surface area contributed by atoms with Gasteiger partial charge < -0.3 is 30.3 Å². The molecule has 0 bridgehead atoms. The van der Waals surface area contributed by atoms with Crippen molar-refractivity contribution in [1.82, 2.24) is 14.7 Å². The first kappa shape index (κ1) is 24.2. The number of guanidine groups is 1. The summed E-state index contributed by atoms with van der Waals surface area (Å²) < 4.78 is 5.40. The zero-order valence-electron chi connectivity index (χ0n) is 16.9. The van der Waals surface area contributed by atoms with E-state index >= 15 is 0 Å². The zero-order chi connectivity index (χ0) is 19.2. The summed E-state index contributed by atoms with van der Waals surface area (Å²) in [5.74, 6) is 0.558. The molecule has 3 N–H and O–H groups in total. The molecule has 0 unspecified atom stereocenters. The van der Waals surface area contributed by atoms with Crippen LogP contribution in [0.15, 0.2) is 4.99 Å². The van der Waals surface area contributed by atoms with Gasteiger partial charge in [0.15, 0.2) is 5.96 Å². The van der Waals surface area contributed by atoms with Crippen molar-refractivity contribution >= 4 is 36.0 Å². The van der Waals surface area contributed by atoms with E-state index in [1.165, 1.54) is 0 Å². The van der Waals surface area contributed by atoms with Crippen molar-refractivity contribution in [2.75, 3.05) is 52.4 Å². The van der Waals surface area contributed by atoms with E-state index in [1.54, 1.807) is 4.90 Å². The largest absolute Gasteiger partial charge is 0.444 e. The fourth-order valence-corrected chi connectivity index (χ4v) is 3.18. The van der Waals surface area contributed by atoms with Crippen molar-refractivity contribution < 1.29 is 14.6 Å². The number of aliphatic hydroxyl groups is 1. The van der Waals surface area contributed by atoms with E-state index in [4.69, 9.17) is 10.5 Å². The zero-order valence-corrected chi connectivity index (χ0v) is 19.2. The summed E-state index contributed by atoms with van der Waals surface area (Å²) in [5, 5.41) is 9.52. The Morgan fingerprint density at radius 1 is 1.11 bits per heavy atom. The molecule has 2 aliphatic heterocycles. The Kier molecular flexibility index (Phi) is 10.1. The number of aliphatic imine (C=N–C) groups is 1. The van der Waals surface area contributed by atoms with Crippen LogP contribution in [0.25, 0.3) is 0 Å². The van der Waals surface area contributed by atoms with Crippen LogP contribution < -0.4 is 5.73 Å². The molecule has 2 fully saturated rings. The fourth-order valence-electron chi connectivity index (χ4n) is 3.18. The first-order valence-electron chi connectivity index (χ1n) is 9.68. The van der Waals surface area contributed by atoms with Gasteiger partial charge in [-0.25, -0.2) is 4.79 Å². The van der Waals surface area contributed by atoms with E-state index in [0.29, 0.717) is 38.7 Å². The minimum atomic E-state index is -0.471. The maximum Gasteiger partial charge on any atom is 0.410 e. The molecule has 0 saturated carbocycles. The van der Waals surface area contributed by atoms with Gasteiger partial charge in [0, 0.05) is 45.8 Å². The van der Waals surface area contributed by atoms with Crippen LogP contribution >= 0.6 is 24.0 Å². The smallest absolute Gasteiger partial charge is 0.410 e. The number of carbonyl (C=O) groups excluding carboxylic acids is 1. The molecule has 0 aliphatic carbocycles. The van der Waals surface area contributed by atoms with E-state index in [9.17, 15) is 9.90 Å². The number of nitrogens with two attached hydrogens (primary N) is 1. The van der Waals surface area contributed by atoms with Crippen molar-refractivity contribution in [3.63, 3.8) is 0 Å². The molecule has 0 spiro atoms. The number of rotatable bonds is 4. The number of likely N-dealkylation sites (tertiary alicyclic amines) is 1. The van der Waals surface area contributed by atoms with Crippen LogP contribution in [0.3, 0.4) is 0 Å². The molecule has 2 aliphatic rings. The van der Waals surface area contributed by atoms with Gasteiger partial charge in [-0.3, -0.25) is 4.99 Å². The predicted molar refractivity (Wildman–Crippen MR) is 118 cm³/mol. The summed E-state index contributed by atoms with van der Waals surface area (Å²) >= 11 is 0. The molecule has 0 aromatic heterocycles. The standard InChI is InChI=1S/C18H35N5O3.HI/c1-18(2,3)26-17(25)23-13-11-22(12-14-23)16(19)20-7-4-8-21-9-5-15(24)6-10-21;/h15,24H,4-14H2,1-3H3,(H2,19,20);1H. The molecular weight excluding hydrogens is 461 g/mol. The van der Waals surface area contributed by atoms with E-state index in [0.717, 1.165) is 38.9 Å². The first-order chi connectivity index (χ1) is 12.2. The maximum atomic E-state index is 12.1. The van der Waals surface area contributed by atoms with Crippen molar-refractivity contribution in [1.29, 1.82) is 0 Å². The maximum absolute atomic E-state index is 12.1. The lowest BCUT2D eigenvalue weighted by molar-refractivity contribution is 0.0186. The van der Waals surface area contributed by atoms with Crippen molar-refractivity contribution in [3.8, 4) is 0 Å². The molecule has 2 heterocycles. The van der Waals surface area contributed by atoms with Gasteiger partial charge in [0.1, 0.15) is 5.60 Å². The minimum absolute atomic E-state index is 0. The van der Waals surface area contributed by atoms with E-state index in [2.05, 4.69) is 9.89 Å². The van der Waals surface area contributed by atoms with Crippen LogP contribution in [0.5, 0.6) is 0 Å². The summed E-state index contributed by atoms with van der Waals surface area (Å²) in [6.07, 6.45) is 2.31. The highest BCUT2D eigenvalue weighted by atomic mass is 127. The lowest BCUT2D eigenvalue weighted by Crippen LogP contribution is -2.53. The van der Waals surface area contributed by atoms with Gasteiger partial charge in [-0.2, -0.15) is 0 Å². The Labute approximate surface area is 180 Å². The molecule has 2 saturated heterocycles. The highest BCUT2D eigenvalue weighted by molar-refractivity contribution is 14.0. The average Bonchev–Trinajstić information content (AvgIpc) is 2.59. The van der Waals surface area contributed by atoms with Gasteiger partial charge in [0.2, 0.25) is 0 Å². The molecule has 0 aromatic rings. The number of amides is 1. The van der Waals surface area contributed by atoms with Gasteiger partial charge in [0.05, 0.1) is 6.10 Å². The van der Waals surface area contributed by atoms with Gasteiger partial charge in [0.25, 0.3) is 0 Å². The van der Waals surface area contributed by atoms with E-state index in [1.807, 2.05) is 25.7 Å². The molecule has 2 rings (SSSR count). The second-order valence-electron chi connectivity index (χ2n) is 8.12. The van der Waals surface area contributed by atoms with Crippen LogP contribution in [0.1, 0.15) is 40.0 Å². The molecule has 8 nitrogen and oxygen atoms in total. The fraction of sp³-hybridized carbons (Fsp3) is 0.889. The topological polar surface area (TPSA) is 94.6 Å². The number of piperazine rings is 1. The van der Waals surface area contributed by atoms with E-state index < -0.39 is 5.60 Å². The normalized spacial score (nSPS) is 20.4. The lowest BCUT2D eigenvalue weighted by Gasteiger charge is -2.36. The molecule has 9 heteroatoms. The number of aliphatic hydroxyl groups excluding tert-OH is 1. The monoisotopic (exact) mass is 497 g/mol. The third-order valence-corrected chi connectivity index (χ3v) is 4.72. The van der Waals surface area contributed by atoms with Gasteiger partial charge in [-0.1, -0.05) is 0 Å². The van der Waals surface area contributed by atoms with Crippen LogP contribution in [-0.2, 0) is 4.74 Å². The third-order valence-electron chi connectivity index (χ3n) is 4.72. The molecule has 1 amide bonds. The Balaban J connectivity index is 0.00000364. The summed E-state index contributed by atoms with van der Waals surface area (Å²) in [6, 6.07) is 0. The number of hydrogen-bond donors (Lipinski definition) is 2. The van der Waals surface area contributed by atoms with Crippen molar-refractivity contribution in [2.24, 2.45) is 10.7 Å². The number of piperidine rings is 1. The van der Waals surface area contributed by atoms with Gasteiger partial charge in [-0.15, -0.1) is 24.0 Å². The molecule has 158 valence electrons. The second-order valence-corrected chi connectivity index (χ2v) is 8.12. The Hall–Kier alpha value is -0.810. The Bertz CT molecular complexity index is 482. The highest BCUT2D eigenvalue weighted by Crippen LogP contribution is 2.12. The SMILES string of the molecule is CC(C)(C)OC(=O)N1CCN(C(N)=NCCCN2CCC(O)CC2)CC1.I. The summed E-state index contributed by atoms with van der Waals surface area (Å²) in [5.41, 5.74) is 5.63. The number of halogens is 1. The Morgan fingerprint density at radius 2 is 1.67 bits per heavy atom. The number of hydrogen-bond acceptors (Lipinski definition) is 5. The van der Waals surface area contributed by atoms with Gasteiger partial charge >= 0.3 is 6.09 Å². The number of carbonyl (C=O) groups is 1. The van der Waals surface area contributed by atoms with Gasteiger partial charge in [-0.05, 0) is 46.6 Å². The molecule has 27 heavy (non-hydrogen) atoms. The molecule has 0 atom stereocenters. The summed E-state index contributed by atoms with van der Waals surface area (Å²) in [4.78, 5) is 22.7. The quantitative estimate of drug-likeness (QED) is 0.264. The average molecular weight is 497 g/mol. The predicted octanol–water partition coefficient (Wildman–Crippen LogP) is 1.32. The minimum Gasteiger partial charge on any atom is -0.444 e. The van der Waals surface area contributed by atoms with Crippen LogP contribution in [0.4, 0.5) is 4.79 Å². The highest BCUT2D eigenvalue weighted by Gasteiger charge is 2.26. The third kappa shape index (κ3) is 8.82. The Morgan fingerprint density at radius 3 is 2.22 bits per heavy atom. The summed E-state index contributed by atoms with van der Waals surface area (Å²) in [7, 11) is 0. The first-order valence-corrected chi connectivity index (χ1v) is 9.68. The molecular formula is C18H36IN5O3. The molecule has 0 aromatic carbocycles. The summed E-state index contributed by atoms with van der Waals surface area (Å²) in [6.45, 7) is 11.8. The van der Waals surface area contributed by atoms with Crippen molar-refractivity contribution in [3.05, 3.63) is 0 Å². The van der Waals surface area contributed by atoms with Crippen LogP contribution in [0, 0.1) is 0 Å². The second kappa shape index (κ2) is 11.3. The van der Waals surface area contributed by atoms with Crippen molar-refractivity contribution in [2.45, 2.75) is 51.7 Å². The number of ether oxygens (including phenoxy) is 1. The van der Waals surface area contributed by atoms with E-state index in [-0.39, 0.29) is 36.2 Å². The lowest BCUT2D eigenvalue weighted by atomic mass is 10.1. The van der Waals surface area contributed by atoms with Crippen LogP contribution in [-0.4, -0.2) is 95.9 Å². The number of nitrogens with zero attached hydrogens (tertiary/aromatic N) is 4. The molecule has 0 radical (unpaired) electrons. The van der Waals surface area contributed by atoms with Crippen LogP contribution in [0.2, 0.25) is 0 Å².